The monoisotopic (exact) mass is 241 g/mol. The summed E-state index contributed by atoms with van der Waals surface area (Å²) in [5.41, 5.74) is 6.49. The van der Waals surface area contributed by atoms with Gasteiger partial charge in [0.15, 0.2) is 11.6 Å². The van der Waals surface area contributed by atoms with Crippen LogP contribution in [0.15, 0.2) is 18.2 Å². The molecule has 1 atom stereocenters. The molecule has 0 spiro atoms. The maximum absolute atomic E-state index is 13.4. The molecule has 1 aromatic carbocycles. The minimum Gasteiger partial charge on any atom is -0.494 e. The third-order valence-corrected chi connectivity index (χ3v) is 2.44. The first kappa shape index (κ1) is 13.4. The van der Waals surface area contributed by atoms with Crippen molar-refractivity contribution < 1.29 is 19.0 Å². The Kier molecular flexibility index (Phi) is 4.90. The molecule has 0 amide bonds. The molecule has 0 bridgehead atoms. The number of carboxylic acid groups (broad SMARTS) is 1. The molecule has 0 aliphatic rings. The molecule has 17 heavy (non-hydrogen) atoms. The molecule has 1 rings (SSSR count). The van der Waals surface area contributed by atoms with Gasteiger partial charge in [0.1, 0.15) is 0 Å². The lowest BCUT2D eigenvalue weighted by Gasteiger charge is -2.11. The van der Waals surface area contributed by atoms with Gasteiger partial charge < -0.3 is 15.6 Å². The van der Waals surface area contributed by atoms with E-state index in [0.29, 0.717) is 12.8 Å². The SMILES string of the molecule is COc1ccc(CC(N)CCC(=O)O)cc1F. The Morgan fingerprint density at radius 3 is 2.82 bits per heavy atom. The number of rotatable bonds is 6. The van der Waals surface area contributed by atoms with Crippen LogP contribution in [0.4, 0.5) is 4.39 Å². The number of carboxylic acids is 1. The summed E-state index contributed by atoms with van der Waals surface area (Å²) < 4.78 is 18.2. The van der Waals surface area contributed by atoms with Crippen LogP contribution in [-0.4, -0.2) is 24.2 Å². The third kappa shape index (κ3) is 4.40. The van der Waals surface area contributed by atoms with Crippen molar-refractivity contribution in [1.82, 2.24) is 0 Å². The number of ether oxygens (including phenoxy) is 1. The highest BCUT2D eigenvalue weighted by atomic mass is 19.1. The van der Waals surface area contributed by atoms with Crippen molar-refractivity contribution in [2.45, 2.75) is 25.3 Å². The maximum Gasteiger partial charge on any atom is 0.303 e. The number of hydrogen-bond acceptors (Lipinski definition) is 3. The summed E-state index contributed by atoms with van der Waals surface area (Å²) in [6.07, 6.45) is 0.858. The van der Waals surface area contributed by atoms with Crippen molar-refractivity contribution in [3.63, 3.8) is 0 Å². The van der Waals surface area contributed by atoms with E-state index in [0.717, 1.165) is 5.56 Å². The topological polar surface area (TPSA) is 72.5 Å². The molecule has 1 unspecified atom stereocenters. The number of aliphatic carboxylic acids is 1. The van der Waals surface area contributed by atoms with Gasteiger partial charge in [-0.15, -0.1) is 0 Å². The fraction of sp³-hybridized carbons (Fsp3) is 0.417. The molecule has 0 fully saturated rings. The van der Waals surface area contributed by atoms with E-state index < -0.39 is 11.8 Å². The molecule has 0 aliphatic heterocycles. The van der Waals surface area contributed by atoms with Gasteiger partial charge in [0, 0.05) is 12.5 Å². The molecule has 4 nitrogen and oxygen atoms in total. The van der Waals surface area contributed by atoms with Crippen molar-refractivity contribution in [3.05, 3.63) is 29.6 Å². The number of benzene rings is 1. The Bertz CT molecular complexity index is 395. The predicted octanol–water partition coefficient (Wildman–Crippen LogP) is 1.57. The van der Waals surface area contributed by atoms with Crippen LogP contribution in [0.3, 0.4) is 0 Å². The highest BCUT2D eigenvalue weighted by Gasteiger charge is 2.09. The van der Waals surface area contributed by atoms with Crippen LogP contribution in [0.2, 0.25) is 0 Å². The first-order valence-electron chi connectivity index (χ1n) is 5.32. The molecule has 3 N–H and O–H groups in total. The summed E-state index contributed by atoms with van der Waals surface area (Å²) in [7, 11) is 1.40. The number of halogens is 1. The maximum atomic E-state index is 13.4. The van der Waals surface area contributed by atoms with Gasteiger partial charge in [-0.2, -0.15) is 0 Å². The molecule has 0 saturated carbocycles. The van der Waals surface area contributed by atoms with Crippen LogP contribution in [0.25, 0.3) is 0 Å². The molecular formula is C12H16FNO3. The van der Waals surface area contributed by atoms with Gasteiger partial charge in [0.2, 0.25) is 0 Å². The standard InChI is InChI=1S/C12H16FNO3/c1-17-11-4-2-8(7-10(11)13)6-9(14)3-5-12(15)16/h2,4,7,9H,3,5-6,14H2,1H3,(H,15,16). The smallest absolute Gasteiger partial charge is 0.303 e. The van der Waals surface area contributed by atoms with Crippen molar-refractivity contribution in [2.75, 3.05) is 7.11 Å². The lowest BCUT2D eigenvalue weighted by Crippen LogP contribution is -2.23. The van der Waals surface area contributed by atoms with E-state index in [1.54, 1.807) is 6.07 Å². The molecular weight excluding hydrogens is 225 g/mol. The van der Waals surface area contributed by atoms with Gasteiger partial charge in [-0.05, 0) is 30.5 Å². The number of carbonyl (C=O) groups is 1. The van der Waals surface area contributed by atoms with Crippen molar-refractivity contribution in [2.24, 2.45) is 5.73 Å². The fourth-order valence-corrected chi connectivity index (χ4v) is 1.55. The minimum absolute atomic E-state index is 0.0276. The van der Waals surface area contributed by atoms with E-state index in [9.17, 15) is 9.18 Å². The molecule has 1 aromatic rings. The summed E-state index contributed by atoms with van der Waals surface area (Å²) >= 11 is 0. The van der Waals surface area contributed by atoms with Crippen molar-refractivity contribution in [1.29, 1.82) is 0 Å². The van der Waals surface area contributed by atoms with E-state index in [2.05, 4.69) is 0 Å². The van der Waals surface area contributed by atoms with Gasteiger partial charge in [-0.3, -0.25) is 4.79 Å². The quantitative estimate of drug-likeness (QED) is 0.793. The van der Waals surface area contributed by atoms with Gasteiger partial charge in [-0.1, -0.05) is 6.07 Å². The molecule has 94 valence electrons. The van der Waals surface area contributed by atoms with Crippen LogP contribution in [0.5, 0.6) is 5.75 Å². The molecule has 0 aromatic heterocycles. The highest BCUT2D eigenvalue weighted by Crippen LogP contribution is 2.18. The average Bonchev–Trinajstić information content (AvgIpc) is 2.26. The second kappa shape index (κ2) is 6.20. The van der Waals surface area contributed by atoms with Crippen LogP contribution >= 0.6 is 0 Å². The molecule has 0 radical (unpaired) electrons. The average molecular weight is 241 g/mol. The van der Waals surface area contributed by atoms with Gasteiger partial charge in [0.05, 0.1) is 7.11 Å². The molecule has 5 heteroatoms. The van der Waals surface area contributed by atoms with Gasteiger partial charge in [0.25, 0.3) is 0 Å². The fourth-order valence-electron chi connectivity index (χ4n) is 1.55. The molecule has 0 saturated heterocycles. The Labute approximate surface area is 99.2 Å². The summed E-state index contributed by atoms with van der Waals surface area (Å²) in [5, 5.41) is 8.51. The van der Waals surface area contributed by atoms with Gasteiger partial charge >= 0.3 is 5.97 Å². The van der Waals surface area contributed by atoms with Crippen molar-refractivity contribution >= 4 is 5.97 Å². The second-order valence-electron chi connectivity index (χ2n) is 3.87. The Morgan fingerprint density at radius 2 is 2.29 bits per heavy atom. The zero-order chi connectivity index (χ0) is 12.8. The zero-order valence-electron chi connectivity index (χ0n) is 9.65. The van der Waals surface area contributed by atoms with Crippen molar-refractivity contribution in [3.8, 4) is 5.75 Å². The first-order chi connectivity index (χ1) is 8.02. The van der Waals surface area contributed by atoms with E-state index in [-0.39, 0.29) is 18.2 Å². The summed E-state index contributed by atoms with van der Waals surface area (Å²) in [6.45, 7) is 0. The third-order valence-electron chi connectivity index (χ3n) is 2.44. The molecule has 0 aliphatic carbocycles. The molecule has 0 heterocycles. The van der Waals surface area contributed by atoms with E-state index in [1.165, 1.54) is 19.2 Å². The lowest BCUT2D eigenvalue weighted by atomic mass is 10.0. The number of hydrogen-bond donors (Lipinski definition) is 2. The van der Waals surface area contributed by atoms with Gasteiger partial charge in [-0.25, -0.2) is 4.39 Å². The lowest BCUT2D eigenvalue weighted by molar-refractivity contribution is -0.137. The van der Waals surface area contributed by atoms with Crippen LogP contribution in [0, 0.1) is 5.82 Å². The highest BCUT2D eigenvalue weighted by molar-refractivity contribution is 5.66. The zero-order valence-corrected chi connectivity index (χ0v) is 9.65. The number of methoxy groups -OCH3 is 1. The minimum atomic E-state index is -0.874. The summed E-state index contributed by atoms with van der Waals surface area (Å²) in [5.74, 6) is -1.12. The Hall–Kier alpha value is -1.62. The van der Waals surface area contributed by atoms with E-state index >= 15 is 0 Å². The van der Waals surface area contributed by atoms with E-state index in [1.807, 2.05) is 0 Å². The van der Waals surface area contributed by atoms with E-state index in [4.69, 9.17) is 15.6 Å². The largest absolute Gasteiger partial charge is 0.494 e. The predicted molar refractivity (Wildman–Crippen MR) is 61.5 cm³/mol. The van der Waals surface area contributed by atoms with Crippen LogP contribution in [-0.2, 0) is 11.2 Å². The van der Waals surface area contributed by atoms with Crippen LogP contribution < -0.4 is 10.5 Å². The Morgan fingerprint density at radius 1 is 1.59 bits per heavy atom. The first-order valence-corrected chi connectivity index (χ1v) is 5.32. The van der Waals surface area contributed by atoms with Crippen LogP contribution in [0.1, 0.15) is 18.4 Å². The normalized spacial score (nSPS) is 12.2. The number of nitrogens with two attached hydrogens (primary N) is 1. The second-order valence-corrected chi connectivity index (χ2v) is 3.87. The summed E-state index contributed by atoms with van der Waals surface area (Å²) in [6, 6.07) is 4.34. The summed E-state index contributed by atoms with van der Waals surface area (Å²) in [4.78, 5) is 10.4. The Balaban J connectivity index is 2.56.